The molecule has 0 saturated carbocycles. The Balaban J connectivity index is 1.56. The van der Waals surface area contributed by atoms with Crippen LogP contribution in [-0.2, 0) is 11.3 Å². The minimum absolute atomic E-state index is 0.0961. The summed E-state index contributed by atoms with van der Waals surface area (Å²) >= 11 is 5.32. The maximum atomic E-state index is 12.5. The summed E-state index contributed by atoms with van der Waals surface area (Å²) in [7, 11) is 1.51. The Bertz CT molecular complexity index is 1230. The zero-order valence-electron chi connectivity index (χ0n) is 20.4. The molecule has 9 nitrogen and oxygen atoms in total. The van der Waals surface area contributed by atoms with Gasteiger partial charge in [-0.1, -0.05) is 37.6 Å². The zero-order chi connectivity index (χ0) is 25.4. The summed E-state index contributed by atoms with van der Waals surface area (Å²) < 4.78 is 13.3. The second kappa shape index (κ2) is 12.2. The van der Waals surface area contributed by atoms with Crippen molar-refractivity contribution < 1.29 is 19.1 Å². The third-order valence-corrected chi connectivity index (χ3v) is 5.60. The number of amides is 2. The molecule has 3 N–H and O–H groups in total. The predicted molar refractivity (Wildman–Crippen MR) is 136 cm³/mol. The summed E-state index contributed by atoms with van der Waals surface area (Å²) in [6.07, 6.45) is 1.01. The summed E-state index contributed by atoms with van der Waals surface area (Å²) in [5.74, 6) is 1.36. The van der Waals surface area contributed by atoms with Gasteiger partial charge in [-0.2, -0.15) is 5.10 Å². The lowest BCUT2D eigenvalue weighted by Gasteiger charge is -2.13. The number of aromatic nitrogens is 3. The Kier molecular flexibility index (Phi) is 9.02. The number of nitrogens with zero attached hydrogens (tertiary/aromatic N) is 2. The van der Waals surface area contributed by atoms with Crippen molar-refractivity contribution in [3.63, 3.8) is 0 Å². The van der Waals surface area contributed by atoms with Crippen molar-refractivity contribution in [1.82, 2.24) is 25.6 Å². The first-order chi connectivity index (χ1) is 16.8. The number of nitrogens with one attached hydrogen (secondary N) is 3. The summed E-state index contributed by atoms with van der Waals surface area (Å²) in [4.78, 5) is 24.9. The van der Waals surface area contributed by atoms with Crippen LogP contribution in [0.3, 0.4) is 0 Å². The number of carbonyl (C=O) groups excluding carboxylic acids is 2. The summed E-state index contributed by atoms with van der Waals surface area (Å²) in [6.45, 7) is 7.09. The normalized spacial score (nSPS) is 10.8. The molecule has 35 heavy (non-hydrogen) atoms. The van der Waals surface area contributed by atoms with E-state index in [1.807, 2.05) is 31.2 Å². The van der Waals surface area contributed by atoms with Crippen molar-refractivity contribution in [2.75, 3.05) is 13.7 Å². The highest BCUT2D eigenvalue weighted by molar-refractivity contribution is 7.71. The van der Waals surface area contributed by atoms with E-state index in [0.717, 1.165) is 17.5 Å². The molecule has 0 atom stereocenters. The molecule has 0 radical (unpaired) electrons. The molecule has 0 fully saturated rings. The van der Waals surface area contributed by atoms with Gasteiger partial charge in [0.25, 0.3) is 5.91 Å². The molecule has 2 aromatic carbocycles. The molecular weight excluding hydrogens is 466 g/mol. The Hall–Kier alpha value is -3.66. The topological polar surface area (TPSA) is 110 Å². The molecule has 1 aromatic heterocycles. The van der Waals surface area contributed by atoms with Gasteiger partial charge in [0.1, 0.15) is 0 Å². The lowest BCUT2D eigenvalue weighted by atomic mass is 10.1. The molecule has 0 saturated heterocycles. The average molecular weight is 498 g/mol. The number of aromatic amines is 1. The van der Waals surface area contributed by atoms with Gasteiger partial charge in [0, 0.05) is 24.1 Å². The van der Waals surface area contributed by atoms with E-state index in [1.54, 1.807) is 22.8 Å². The number of ether oxygens (including phenoxy) is 2. The van der Waals surface area contributed by atoms with E-state index < -0.39 is 5.91 Å². The van der Waals surface area contributed by atoms with Crippen molar-refractivity contribution in [1.29, 1.82) is 0 Å². The standard InChI is InChI=1S/C25H31N5O4S/c1-16(2)11-13-34-20-9-8-19(15-21(20)33-4)24(32)28-26-22(31)10-12-30-23(27-29-25(30)35)18-7-5-6-17(3)14-18/h5-9,14-16H,10-13H2,1-4H3,(H,26,31)(H,28,32)(H,29,35). The predicted octanol–water partition coefficient (Wildman–Crippen LogP) is 4.20. The Labute approximate surface area is 209 Å². The molecule has 0 spiro atoms. The maximum absolute atomic E-state index is 12.5. The van der Waals surface area contributed by atoms with Gasteiger partial charge in [0.15, 0.2) is 22.1 Å². The molecule has 1 heterocycles. The molecule has 186 valence electrons. The van der Waals surface area contributed by atoms with Crippen LogP contribution in [0.1, 0.15) is 42.6 Å². The number of hydrazine groups is 1. The molecule has 3 rings (SSSR count). The highest BCUT2D eigenvalue weighted by Gasteiger charge is 2.14. The SMILES string of the molecule is COc1cc(C(=O)NNC(=O)CCn2c(-c3cccc(C)c3)n[nH]c2=S)ccc1OCCC(C)C. The molecule has 10 heteroatoms. The molecule has 0 aliphatic heterocycles. The van der Waals surface area contributed by atoms with Gasteiger partial charge in [0.2, 0.25) is 5.91 Å². The Morgan fingerprint density at radius 2 is 1.94 bits per heavy atom. The lowest BCUT2D eigenvalue weighted by Crippen LogP contribution is -2.41. The smallest absolute Gasteiger partial charge is 0.269 e. The zero-order valence-corrected chi connectivity index (χ0v) is 21.2. The third kappa shape index (κ3) is 7.16. The van der Waals surface area contributed by atoms with Crippen LogP contribution in [0.4, 0.5) is 0 Å². The van der Waals surface area contributed by atoms with E-state index >= 15 is 0 Å². The second-order valence-electron chi connectivity index (χ2n) is 8.52. The summed E-state index contributed by atoms with van der Waals surface area (Å²) in [5.41, 5.74) is 7.20. The fourth-order valence-corrected chi connectivity index (χ4v) is 3.56. The minimum Gasteiger partial charge on any atom is -0.493 e. The van der Waals surface area contributed by atoms with Crippen LogP contribution in [0.5, 0.6) is 11.5 Å². The molecule has 0 aliphatic carbocycles. The highest BCUT2D eigenvalue weighted by atomic mass is 32.1. The monoisotopic (exact) mass is 497 g/mol. The Morgan fingerprint density at radius 1 is 1.14 bits per heavy atom. The van der Waals surface area contributed by atoms with E-state index in [9.17, 15) is 9.59 Å². The first-order valence-electron chi connectivity index (χ1n) is 11.4. The van der Waals surface area contributed by atoms with Gasteiger partial charge in [-0.05, 0) is 55.7 Å². The van der Waals surface area contributed by atoms with Crippen molar-refractivity contribution >= 4 is 24.0 Å². The van der Waals surface area contributed by atoms with E-state index in [4.69, 9.17) is 21.7 Å². The highest BCUT2D eigenvalue weighted by Crippen LogP contribution is 2.28. The number of methoxy groups -OCH3 is 1. The van der Waals surface area contributed by atoms with Crippen LogP contribution in [0.15, 0.2) is 42.5 Å². The fourth-order valence-electron chi connectivity index (χ4n) is 3.34. The number of carbonyl (C=O) groups is 2. The van der Waals surface area contributed by atoms with Crippen LogP contribution in [0.2, 0.25) is 0 Å². The quantitative estimate of drug-likeness (QED) is 0.286. The van der Waals surface area contributed by atoms with Crippen molar-refractivity contribution in [3.05, 3.63) is 58.4 Å². The lowest BCUT2D eigenvalue weighted by molar-refractivity contribution is -0.122. The van der Waals surface area contributed by atoms with Gasteiger partial charge >= 0.3 is 0 Å². The summed E-state index contributed by atoms with van der Waals surface area (Å²) in [5, 5.41) is 7.07. The van der Waals surface area contributed by atoms with E-state index in [-0.39, 0.29) is 12.3 Å². The first kappa shape index (κ1) is 26.0. The molecular formula is C25H31N5O4S. The Morgan fingerprint density at radius 3 is 2.66 bits per heavy atom. The number of H-pyrrole nitrogens is 1. The van der Waals surface area contributed by atoms with Crippen LogP contribution in [0, 0.1) is 17.6 Å². The molecule has 0 unspecified atom stereocenters. The minimum atomic E-state index is -0.467. The third-order valence-electron chi connectivity index (χ3n) is 5.29. The van der Waals surface area contributed by atoms with Gasteiger partial charge in [0.05, 0.1) is 13.7 Å². The number of hydrogen-bond donors (Lipinski definition) is 3. The fraction of sp³-hybridized carbons (Fsp3) is 0.360. The number of hydrogen-bond acceptors (Lipinski definition) is 6. The first-order valence-corrected chi connectivity index (χ1v) is 11.8. The van der Waals surface area contributed by atoms with Crippen LogP contribution in [-0.4, -0.2) is 40.3 Å². The van der Waals surface area contributed by atoms with Gasteiger partial charge in [-0.3, -0.25) is 30.1 Å². The van der Waals surface area contributed by atoms with Gasteiger partial charge < -0.3 is 9.47 Å². The number of benzene rings is 2. The number of rotatable bonds is 10. The van der Waals surface area contributed by atoms with Crippen LogP contribution >= 0.6 is 12.2 Å². The number of aryl methyl sites for hydroxylation is 1. The van der Waals surface area contributed by atoms with E-state index in [1.165, 1.54) is 7.11 Å². The summed E-state index contributed by atoms with van der Waals surface area (Å²) in [6, 6.07) is 12.7. The van der Waals surface area contributed by atoms with Crippen LogP contribution < -0.4 is 20.3 Å². The maximum Gasteiger partial charge on any atom is 0.269 e. The largest absolute Gasteiger partial charge is 0.493 e. The van der Waals surface area contributed by atoms with Gasteiger partial charge in [-0.25, -0.2) is 0 Å². The van der Waals surface area contributed by atoms with Crippen molar-refractivity contribution in [2.24, 2.45) is 5.92 Å². The molecule has 3 aromatic rings. The molecule has 0 bridgehead atoms. The van der Waals surface area contributed by atoms with E-state index in [2.05, 4.69) is 34.9 Å². The van der Waals surface area contributed by atoms with E-state index in [0.29, 0.717) is 46.7 Å². The second-order valence-corrected chi connectivity index (χ2v) is 8.91. The molecule has 2 amide bonds. The average Bonchev–Trinajstić information content (AvgIpc) is 3.21. The van der Waals surface area contributed by atoms with Gasteiger partial charge in [-0.15, -0.1) is 0 Å². The van der Waals surface area contributed by atoms with Crippen LogP contribution in [0.25, 0.3) is 11.4 Å². The molecule has 0 aliphatic rings. The van der Waals surface area contributed by atoms with Crippen molar-refractivity contribution in [3.8, 4) is 22.9 Å². The van der Waals surface area contributed by atoms with Crippen molar-refractivity contribution in [2.45, 2.75) is 40.2 Å².